The molecule has 0 saturated heterocycles. The van der Waals surface area contributed by atoms with Gasteiger partial charge in [-0.05, 0) is 17.5 Å². The monoisotopic (exact) mass is 360 g/mol. The molecule has 7 nitrogen and oxygen atoms in total. The summed E-state index contributed by atoms with van der Waals surface area (Å²) in [6, 6.07) is 7.42. The largest absolute Gasteiger partial charge is 0.480 e. The van der Waals surface area contributed by atoms with Gasteiger partial charge in [-0.15, -0.1) is 0 Å². The summed E-state index contributed by atoms with van der Waals surface area (Å²) in [5.41, 5.74) is -0.0888. The first-order chi connectivity index (χ1) is 11.7. The maximum atomic E-state index is 13.2. The van der Waals surface area contributed by atoms with E-state index < -0.39 is 23.1 Å². The summed E-state index contributed by atoms with van der Waals surface area (Å²) in [4.78, 5) is 33.0. The zero-order valence-corrected chi connectivity index (χ0v) is 14.7. The quantitative estimate of drug-likeness (QED) is 0.725. The number of carbonyl (C=O) groups is 1. The molecular formula is C17H17ClN4O3. The van der Waals surface area contributed by atoms with Crippen LogP contribution in [-0.2, 0) is 4.79 Å². The summed E-state index contributed by atoms with van der Waals surface area (Å²) in [5, 5.41) is 9.95. The lowest BCUT2D eigenvalue weighted by Gasteiger charge is -2.27. The predicted octanol–water partition coefficient (Wildman–Crippen LogP) is 2.91. The molecule has 0 aliphatic rings. The molecule has 0 saturated carbocycles. The van der Waals surface area contributed by atoms with Gasteiger partial charge in [-0.1, -0.05) is 44.5 Å². The van der Waals surface area contributed by atoms with Crippen LogP contribution in [0.15, 0.2) is 41.5 Å². The molecule has 1 atom stereocenters. The lowest BCUT2D eigenvalue weighted by atomic mass is 9.86. The second-order valence-corrected chi connectivity index (χ2v) is 7.17. The molecule has 2 heterocycles. The Morgan fingerprint density at radius 1 is 1.20 bits per heavy atom. The maximum Gasteiger partial charge on any atom is 0.335 e. The second-order valence-electron chi connectivity index (χ2n) is 6.78. The number of fused-ring (bicyclic) bond motifs is 1. The lowest BCUT2D eigenvalue weighted by molar-refractivity contribution is -0.144. The zero-order chi connectivity index (χ0) is 18.4. The van der Waals surface area contributed by atoms with Gasteiger partial charge in [-0.3, -0.25) is 4.57 Å². The highest BCUT2D eigenvalue weighted by molar-refractivity contribution is 6.29. The summed E-state index contributed by atoms with van der Waals surface area (Å²) in [5.74, 6) is -0.781. The van der Waals surface area contributed by atoms with Crippen molar-refractivity contribution < 1.29 is 9.90 Å². The molecule has 1 unspecified atom stereocenters. The lowest BCUT2D eigenvalue weighted by Crippen LogP contribution is -2.38. The molecule has 2 aromatic heterocycles. The molecule has 8 heteroatoms. The van der Waals surface area contributed by atoms with Crippen molar-refractivity contribution in [2.75, 3.05) is 0 Å². The number of aliphatic carboxylic acids is 1. The van der Waals surface area contributed by atoms with Crippen LogP contribution in [0.25, 0.3) is 16.9 Å². The van der Waals surface area contributed by atoms with Gasteiger partial charge in [-0.2, -0.15) is 0 Å². The van der Waals surface area contributed by atoms with E-state index in [9.17, 15) is 14.7 Å². The summed E-state index contributed by atoms with van der Waals surface area (Å²) in [7, 11) is 0. The average Bonchev–Trinajstić information content (AvgIpc) is 2.79. The van der Waals surface area contributed by atoms with Gasteiger partial charge < -0.3 is 5.11 Å². The number of aromatic nitrogens is 4. The van der Waals surface area contributed by atoms with Crippen LogP contribution in [0.5, 0.6) is 0 Å². The van der Waals surface area contributed by atoms with Crippen LogP contribution >= 0.6 is 11.6 Å². The Labute approximate surface area is 148 Å². The molecule has 1 aromatic carbocycles. The molecule has 0 amide bonds. The van der Waals surface area contributed by atoms with Crippen LogP contribution in [0, 0.1) is 5.41 Å². The van der Waals surface area contributed by atoms with Gasteiger partial charge in [0.05, 0.1) is 11.0 Å². The third-order valence-electron chi connectivity index (χ3n) is 3.94. The molecule has 0 aliphatic carbocycles. The van der Waals surface area contributed by atoms with Gasteiger partial charge in [0.1, 0.15) is 23.3 Å². The van der Waals surface area contributed by atoms with Crippen molar-refractivity contribution in [3.63, 3.8) is 0 Å². The van der Waals surface area contributed by atoms with E-state index in [0.29, 0.717) is 11.0 Å². The van der Waals surface area contributed by atoms with E-state index in [1.807, 2.05) is 0 Å². The number of hydrogen-bond acceptors (Lipinski definition) is 4. The van der Waals surface area contributed by atoms with E-state index in [1.54, 1.807) is 45.0 Å². The van der Waals surface area contributed by atoms with Gasteiger partial charge in [0.25, 0.3) is 0 Å². The highest BCUT2D eigenvalue weighted by Crippen LogP contribution is 2.32. The normalized spacial score (nSPS) is 13.1. The minimum absolute atomic E-state index is 0.194. The van der Waals surface area contributed by atoms with Crippen molar-refractivity contribution in [3.8, 4) is 5.82 Å². The Morgan fingerprint density at radius 2 is 1.84 bits per heavy atom. The van der Waals surface area contributed by atoms with E-state index in [4.69, 9.17) is 11.6 Å². The fourth-order valence-electron chi connectivity index (χ4n) is 2.96. The SMILES string of the molecule is CC(C)(C)C(C(=O)O)n1c(=O)n(-c2cc(Cl)ncn2)c2ccccc21. The fourth-order valence-corrected chi connectivity index (χ4v) is 3.10. The number of imidazole rings is 1. The highest BCUT2D eigenvalue weighted by atomic mass is 35.5. The van der Waals surface area contributed by atoms with Crippen LogP contribution in [0.4, 0.5) is 0 Å². The molecule has 25 heavy (non-hydrogen) atoms. The van der Waals surface area contributed by atoms with Crippen LogP contribution in [0.1, 0.15) is 26.8 Å². The third-order valence-corrected chi connectivity index (χ3v) is 4.15. The molecule has 1 N–H and O–H groups in total. The molecule has 0 spiro atoms. The predicted molar refractivity (Wildman–Crippen MR) is 94.3 cm³/mol. The number of carboxylic acids is 1. The van der Waals surface area contributed by atoms with Crippen molar-refractivity contribution in [2.45, 2.75) is 26.8 Å². The number of hydrogen-bond donors (Lipinski definition) is 1. The Bertz CT molecular complexity index is 1020. The average molecular weight is 361 g/mol. The van der Waals surface area contributed by atoms with Crippen molar-refractivity contribution in [1.29, 1.82) is 0 Å². The van der Waals surface area contributed by atoms with Crippen LogP contribution in [0.2, 0.25) is 5.15 Å². The first kappa shape index (κ1) is 17.2. The third kappa shape index (κ3) is 2.91. The minimum Gasteiger partial charge on any atom is -0.480 e. The second kappa shape index (κ2) is 6.00. The number of benzene rings is 1. The number of nitrogens with zero attached hydrogens (tertiary/aromatic N) is 4. The van der Waals surface area contributed by atoms with Gasteiger partial charge in [0.15, 0.2) is 0 Å². The molecule has 3 aromatic rings. The van der Waals surface area contributed by atoms with Gasteiger partial charge in [-0.25, -0.2) is 24.1 Å². The van der Waals surface area contributed by atoms with Crippen molar-refractivity contribution in [1.82, 2.24) is 19.1 Å². The highest BCUT2D eigenvalue weighted by Gasteiger charge is 2.36. The molecule has 130 valence electrons. The van der Waals surface area contributed by atoms with Gasteiger partial charge in [0.2, 0.25) is 0 Å². The summed E-state index contributed by atoms with van der Waals surface area (Å²) >= 11 is 5.92. The van der Waals surface area contributed by atoms with E-state index >= 15 is 0 Å². The van der Waals surface area contributed by atoms with Crippen molar-refractivity contribution in [3.05, 3.63) is 52.3 Å². The number of carboxylic acid groups (broad SMARTS) is 1. The molecule has 0 radical (unpaired) electrons. The zero-order valence-electron chi connectivity index (χ0n) is 14.0. The van der Waals surface area contributed by atoms with Crippen LogP contribution in [0.3, 0.4) is 0 Å². The molecule has 0 fully saturated rings. The Kier molecular flexibility index (Phi) is 4.12. The molecular weight excluding hydrogens is 344 g/mol. The van der Waals surface area contributed by atoms with Gasteiger partial charge in [0, 0.05) is 6.07 Å². The number of halogens is 1. The minimum atomic E-state index is -1.07. The standard InChI is InChI=1S/C17H17ClN4O3/c1-17(2,3)14(15(23)24)22-11-7-5-4-6-10(11)21(16(22)25)13-8-12(18)19-9-20-13/h4-9,14H,1-3H3,(H,23,24). The molecule has 0 aliphatic heterocycles. The topological polar surface area (TPSA) is 90.0 Å². The summed E-state index contributed by atoms with van der Waals surface area (Å²) < 4.78 is 2.65. The smallest absolute Gasteiger partial charge is 0.335 e. The van der Waals surface area contributed by atoms with Gasteiger partial charge >= 0.3 is 11.7 Å². The van der Waals surface area contributed by atoms with Crippen LogP contribution < -0.4 is 5.69 Å². The first-order valence-corrected chi connectivity index (χ1v) is 8.02. The fraction of sp³-hybridized carbons (Fsp3) is 0.294. The Morgan fingerprint density at radius 3 is 2.40 bits per heavy atom. The molecule has 3 rings (SSSR count). The van der Waals surface area contributed by atoms with E-state index in [2.05, 4.69) is 9.97 Å². The van der Waals surface area contributed by atoms with Crippen LogP contribution in [-0.4, -0.2) is 30.2 Å². The Hall–Kier alpha value is -2.67. The first-order valence-electron chi connectivity index (χ1n) is 7.64. The summed E-state index contributed by atoms with van der Waals surface area (Å²) in [6.45, 7) is 5.35. The maximum absolute atomic E-state index is 13.2. The summed E-state index contributed by atoms with van der Waals surface area (Å²) in [6.07, 6.45) is 1.26. The number of rotatable bonds is 3. The molecule has 0 bridgehead atoms. The van der Waals surface area contributed by atoms with E-state index in [1.165, 1.54) is 21.5 Å². The number of para-hydroxylation sites is 2. The van der Waals surface area contributed by atoms with E-state index in [0.717, 1.165) is 0 Å². The Balaban J connectivity index is 2.41. The van der Waals surface area contributed by atoms with Crippen molar-refractivity contribution >= 4 is 28.6 Å². The van der Waals surface area contributed by atoms with Crippen molar-refractivity contribution in [2.24, 2.45) is 5.41 Å². The van der Waals surface area contributed by atoms with E-state index in [-0.39, 0.29) is 11.0 Å².